The van der Waals surface area contributed by atoms with Crippen LogP contribution in [0.3, 0.4) is 0 Å². The molecular formula is C19H23ClN2O2S. The van der Waals surface area contributed by atoms with Crippen LogP contribution in [-0.4, -0.2) is 33.0 Å². The molecule has 1 saturated heterocycles. The molecule has 2 aromatic carbocycles. The Kier molecular flexibility index (Phi) is 5.67. The molecule has 0 radical (unpaired) electrons. The second-order valence-electron chi connectivity index (χ2n) is 6.47. The third-order valence-electron chi connectivity index (χ3n) is 4.57. The molecule has 1 heterocycles. The van der Waals surface area contributed by atoms with E-state index < -0.39 is 10.0 Å². The average Bonchev–Trinajstić information content (AvgIpc) is 3.05. The Bertz CT molecular complexity index is 804. The molecule has 0 saturated carbocycles. The van der Waals surface area contributed by atoms with Crippen LogP contribution in [0.4, 0.5) is 5.69 Å². The first-order chi connectivity index (χ1) is 12.0. The number of hydrogen-bond donors (Lipinski definition) is 1. The van der Waals surface area contributed by atoms with Gasteiger partial charge in [0.2, 0.25) is 0 Å². The average molecular weight is 379 g/mol. The molecule has 3 rings (SSSR count). The van der Waals surface area contributed by atoms with Crippen molar-refractivity contribution in [2.75, 3.05) is 24.4 Å². The van der Waals surface area contributed by atoms with Gasteiger partial charge in [-0.05, 0) is 73.8 Å². The fourth-order valence-corrected chi connectivity index (χ4v) is 4.46. The van der Waals surface area contributed by atoms with E-state index in [0.717, 1.165) is 26.1 Å². The maximum Gasteiger partial charge on any atom is 0.261 e. The summed E-state index contributed by atoms with van der Waals surface area (Å²) in [6, 6.07) is 13.9. The summed E-state index contributed by atoms with van der Waals surface area (Å²) in [7, 11) is -3.59. The minimum atomic E-state index is -3.59. The zero-order valence-electron chi connectivity index (χ0n) is 14.3. The van der Waals surface area contributed by atoms with Crippen molar-refractivity contribution in [3.05, 3.63) is 59.1 Å². The molecule has 2 aromatic rings. The van der Waals surface area contributed by atoms with Crippen LogP contribution in [0, 0.1) is 0 Å². The lowest BCUT2D eigenvalue weighted by atomic mass is 9.98. The summed E-state index contributed by atoms with van der Waals surface area (Å²) in [6.45, 7) is 5.58. The monoisotopic (exact) mass is 378 g/mol. The van der Waals surface area contributed by atoms with Gasteiger partial charge in [0.25, 0.3) is 10.0 Å². The largest absolute Gasteiger partial charge is 0.303 e. The molecule has 0 spiro atoms. The summed E-state index contributed by atoms with van der Waals surface area (Å²) < 4.78 is 27.4. The predicted molar refractivity (Wildman–Crippen MR) is 103 cm³/mol. The Balaban J connectivity index is 1.67. The number of nitrogens with zero attached hydrogens (tertiary/aromatic N) is 1. The van der Waals surface area contributed by atoms with Gasteiger partial charge in [0.1, 0.15) is 0 Å². The van der Waals surface area contributed by atoms with E-state index in [1.807, 2.05) is 24.3 Å². The van der Waals surface area contributed by atoms with Crippen LogP contribution in [0.2, 0.25) is 5.02 Å². The molecule has 25 heavy (non-hydrogen) atoms. The first kappa shape index (κ1) is 18.2. The van der Waals surface area contributed by atoms with Gasteiger partial charge < -0.3 is 4.90 Å². The number of rotatable bonds is 6. The van der Waals surface area contributed by atoms with Gasteiger partial charge in [0, 0.05) is 17.3 Å². The molecule has 0 amide bonds. The Morgan fingerprint density at radius 3 is 2.44 bits per heavy atom. The summed E-state index contributed by atoms with van der Waals surface area (Å²) in [5, 5.41) is 0.511. The molecule has 4 nitrogen and oxygen atoms in total. The highest BCUT2D eigenvalue weighted by Crippen LogP contribution is 2.28. The number of halogens is 1. The SMILES string of the molecule is CCCN1CCC(c2ccc(NS(=O)(=O)c3ccc(Cl)cc3)cc2)C1. The predicted octanol–water partition coefficient (Wildman–Crippen LogP) is 4.34. The van der Waals surface area contributed by atoms with Crippen LogP contribution >= 0.6 is 11.6 Å². The molecule has 6 heteroatoms. The van der Waals surface area contributed by atoms with E-state index >= 15 is 0 Å². The van der Waals surface area contributed by atoms with Crippen LogP contribution < -0.4 is 4.72 Å². The number of hydrogen-bond acceptors (Lipinski definition) is 3. The minimum absolute atomic E-state index is 0.201. The topological polar surface area (TPSA) is 49.4 Å². The van der Waals surface area contributed by atoms with Gasteiger partial charge in [-0.25, -0.2) is 8.42 Å². The van der Waals surface area contributed by atoms with Crippen molar-refractivity contribution in [3.63, 3.8) is 0 Å². The number of benzene rings is 2. The Morgan fingerprint density at radius 2 is 1.80 bits per heavy atom. The zero-order valence-corrected chi connectivity index (χ0v) is 15.9. The summed E-state index contributed by atoms with van der Waals surface area (Å²) in [4.78, 5) is 2.69. The van der Waals surface area contributed by atoms with Gasteiger partial charge in [-0.3, -0.25) is 4.72 Å². The fourth-order valence-electron chi connectivity index (χ4n) is 3.28. The fraction of sp³-hybridized carbons (Fsp3) is 0.368. The van der Waals surface area contributed by atoms with E-state index in [1.165, 1.54) is 24.1 Å². The number of sulfonamides is 1. The van der Waals surface area contributed by atoms with E-state index in [1.54, 1.807) is 12.1 Å². The molecule has 0 aromatic heterocycles. The van der Waals surface area contributed by atoms with Crippen LogP contribution in [-0.2, 0) is 10.0 Å². The summed E-state index contributed by atoms with van der Waals surface area (Å²) in [6.07, 6.45) is 2.34. The van der Waals surface area contributed by atoms with Crippen molar-refractivity contribution in [2.24, 2.45) is 0 Å². The Morgan fingerprint density at radius 1 is 1.12 bits per heavy atom. The maximum atomic E-state index is 12.4. The quantitative estimate of drug-likeness (QED) is 0.813. The lowest BCUT2D eigenvalue weighted by Crippen LogP contribution is -2.20. The first-order valence-electron chi connectivity index (χ1n) is 8.58. The van der Waals surface area contributed by atoms with Gasteiger partial charge in [-0.2, -0.15) is 0 Å². The molecule has 1 aliphatic heterocycles. The van der Waals surface area contributed by atoms with Crippen molar-refractivity contribution in [2.45, 2.75) is 30.6 Å². The number of anilines is 1. The summed E-state index contributed by atoms with van der Waals surface area (Å²) in [5.41, 5.74) is 1.84. The van der Waals surface area contributed by atoms with Gasteiger partial charge in [0.15, 0.2) is 0 Å². The maximum absolute atomic E-state index is 12.4. The van der Waals surface area contributed by atoms with Crippen LogP contribution in [0.25, 0.3) is 0 Å². The second-order valence-corrected chi connectivity index (χ2v) is 8.59. The number of likely N-dealkylation sites (tertiary alicyclic amines) is 1. The Hall–Kier alpha value is -1.56. The van der Waals surface area contributed by atoms with E-state index in [-0.39, 0.29) is 4.90 Å². The van der Waals surface area contributed by atoms with Crippen molar-refractivity contribution < 1.29 is 8.42 Å². The molecule has 134 valence electrons. The third-order valence-corrected chi connectivity index (χ3v) is 6.22. The summed E-state index contributed by atoms with van der Waals surface area (Å²) in [5.74, 6) is 0.536. The smallest absolute Gasteiger partial charge is 0.261 e. The van der Waals surface area contributed by atoms with Crippen LogP contribution in [0.5, 0.6) is 0 Å². The standard InChI is InChI=1S/C19H23ClN2O2S/c1-2-12-22-13-11-16(14-22)15-3-7-18(8-4-15)21-25(23,24)19-9-5-17(20)6-10-19/h3-10,16,21H,2,11-14H2,1H3. The van der Waals surface area contributed by atoms with Crippen molar-refractivity contribution in [1.29, 1.82) is 0 Å². The van der Waals surface area contributed by atoms with Gasteiger partial charge >= 0.3 is 0 Å². The first-order valence-corrected chi connectivity index (χ1v) is 10.4. The molecule has 0 bridgehead atoms. The lowest BCUT2D eigenvalue weighted by molar-refractivity contribution is 0.335. The highest BCUT2D eigenvalue weighted by molar-refractivity contribution is 7.92. The van der Waals surface area contributed by atoms with Crippen LogP contribution in [0.1, 0.15) is 31.2 Å². The highest BCUT2D eigenvalue weighted by atomic mass is 35.5. The molecule has 1 atom stereocenters. The van der Waals surface area contributed by atoms with Gasteiger partial charge in [-0.15, -0.1) is 0 Å². The number of nitrogens with one attached hydrogen (secondary N) is 1. The molecule has 1 unspecified atom stereocenters. The van der Waals surface area contributed by atoms with Gasteiger partial charge in [-0.1, -0.05) is 30.7 Å². The van der Waals surface area contributed by atoms with Crippen LogP contribution in [0.15, 0.2) is 53.4 Å². The van der Waals surface area contributed by atoms with E-state index in [4.69, 9.17) is 11.6 Å². The molecule has 0 aliphatic carbocycles. The van der Waals surface area contributed by atoms with Crippen molar-refractivity contribution in [1.82, 2.24) is 4.90 Å². The lowest BCUT2D eigenvalue weighted by Gasteiger charge is -2.15. The van der Waals surface area contributed by atoms with E-state index in [2.05, 4.69) is 16.5 Å². The highest BCUT2D eigenvalue weighted by Gasteiger charge is 2.23. The molecular weight excluding hydrogens is 356 g/mol. The van der Waals surface area contributed by atoms with Gasteiger partial charge in [0.05, 0.1) is 4.90 Å². The summed E-state index contributed by atoms with van der Waals surface area (Å²) >= 11 is 5.81. The van der Waals surface area contributed by atoms with E-state index in [0.29, 0.717) is 16.6 Å². The molecule has 1 aliphatic rings. The van der Waals surface area contributed by atoms with Crippen molar-refractivity contribution >= 4 is 27.3 Å². The van der Waals surface area contributed by atoms with E-state index in [9.17, 15) is 8.42 Å². The molecule has 1 fully saturated rings. The normalized spacial score (nSPS) is 18.4. The molecule has 1 N–H and O–H groups in total. The zero-order chi connectivity index (χ0) is 17.9. The third kappa shape index (κ3) is 4.54. The Labute approximate surface area is 154 Å². The second kappa shape index (κ2) is 7.77. The minimum Gasteiger partial charge on any atom is -0.303 e. The van der Waals surface area contributed by atoms with Crippen molar-refractivity contribution in [3.8, 4) is 0 Å².